The standard InChI is InChI=1S/C62H57N4O.Pt/c1-42(2)52-29-19-30-53(43(3)4)60(52)58-40-64(48-25-17-24-46(36-48)61(5,6)44-20-11-9-12-21-44)41-65(58)49-26-18-27-50(38-49)67-51-32-33-55-54-28-15-16-31-56(54)66(57(55)39-51)59-37-47(34-35-63-59)62(7,8)45-22-13-10-14-23-45;/h9-37,40-43H,1-8H3;/q-3;. The van der Waals surface area contributed by atoms with Gasteiger partial charge in [-0.15, -0.1) is 48.1 Å². The van der Waals surface area contributed by atoms with Crippen LogP contribution >= 0.6 is 0 Å². The molecule has 0 amide bonds. The zero-order valence-corrected chi connectivity index (χ0v) is 42.3. The second-order valence-corrected chi connectivity index (χ2v) is 19.4. The Labute approximate surface area is 417 Å². The van der Waals surface area contributed by atoms with Crippen molar-refractivity contribution in [1.82, 2.24) is 9.55 Å². The van der Waals surface area contributed by atoms with Gasteiger partial charge in [0.15, 0.2) is 0 Å². The van der Waals surface area contributed by atoms with E-state index in [1.807, 2.05) is 18.3 Å². The van der Waals surface area contributed by atoms with Gasteiger partial charge in [-0.25, -0.2) is 4.98 Å². The maximum atomic E-state index is 6.76. The third kappa shape index (κ3) is 8.58. The van der Waals surface area contributed by atoms with E-state index in [1.54, 1.807) is 0 Å². The van der Waals surface area contributed by atoms with E-state index < -0.39 is 0 Å². The zero-order chi connectivity index (χ0) is 46.5. The summed E-state index contributed by atoms with van der Waals surface area (Å²) in [5.74, 6) is 2.65. The van der Waals surface area contributed by atoms with Gasteiger partial charge in [0.25, 0.3) is 0 Å². The zero-order valence-electron chi connectivity index (χ0n) is 40.1. The van der Waals surface area contributed by atoms with Gasteiger partial charge in [0.2, 0.25) is 0 Å². The van der Waals surface area contributed by atoms with Crippen LogP contribution in [-0.2, 0) is 31.9 Å². The number of hydrogen-bond donors (Lipinski definition) is 0. The first-order chi connectivity index (χ1) is 32.4. The van der Waals surface area contributed by atoms with Gasteiger partial charge in [0, 0.05) is 72.1 Å². The Kier molecular flexibility index (Phi) is 12.8. The van der Waals surface area contributed by atoms with Gasteiger partial charge in [0.05, 0.1) is 0 Å². The summed E-state index contributed by atoms with van der Waals surface area (Å²) in [4.78, 5) is 9.49. The molecule has 0 spiro atoms. The summed E-state index contributed by atoms with van der Waals surface area (Å²) < 4.78 is 8.97. The fourth-order valence-corrected chi connectivity index (χ4v) is 9.73. The maximum Gasteiger partial charge on any atom is 0.135 e. The molecule has 1 aliphatic heterocycles. The van der Waals surface area contributed by atoms with Crippen molar-refractivity contribution in [2.75, 3.05) is 9.80 Å². The van der Waals surface area contributed by atoms with Crippen LogP contribution in [0.25, 0.3) is 33.3 Å². The van der Waals surface area contributed by atoms with Gasteiger partial charge in [-0.1, -0.05) is 170 Å². The fraction of sp³-hybridized carbons (Fsp3) is 0.194. The topological polar surface area (TPSA) is 33.5 Å². The molecular weight excluding hydrogens is 1010 g/mol. The van der Waals surface area contributed by atoms with Crippen LogP contribution in [0.4, 0.5) is 11.4 Å². The van der Waals surface area contributed by atoms with Crippen LogP contribution in [-0.4, -0.2) is 9.55 Å². The van der Waals surface area contributed by atoms with E-state index in [0.717, 1.165) is 44.7 Å². The van der Waals surface area contributed by atoms with Crippen molar-refractivity contribution in [1.29, 1.82) is 0 Å². The number of rotatable bonds is 12. The predicted molar refractivity (Wildman–Crippen MR) is 278 cm³/mol. The molecule has 344 valence electrons. The Balaban J connectivity index is 0.00000578. The number of pyridine rings is 1. The number of nitrogens with zero attached hydrogens (tertiary/aromatic N) is 4. The largest absolute Gasteiger partial charge is 0.509 e. The van der Waals surface area contributed by atoms with Crippen molar-refractivity contribution < 1.29 is 25.8 Å². The summed E-state index contributed by atoms with van der Waals surface area (Å²) in [7, 11) is 0. The quantitative estimate of drug-likeness (QED) is 0.114. The van der Waals surface area contributed by atoms with Crippen molar-refractivity contribution in [2.24, 2.45) is 0 Å². The number of aromatic nitrogens is 2. The molecule has 2 aromatic heterocycles. The summed E-state index contributed by atoms with van der Waals surface area (Å²) in [5, 5.41) is 2.21. The van der Waals surface area contributed by atoms with Gasteiger partial charge >= 0.3 is 0 Å². The van der Waals surface area contributed by atoms with Crippen molar-refractivity contribution in [2.45, 2.75) is 78.1 Å². The first-order valence-electron chi connectivity index (χ1n) is 23.5. The molecule has 0 bridgehead atoms. The van der Waals surface area contributed by atoms with Gasteiger partial charge in [-0.3, -0.25) is 0 Å². The molecule has 10 rings (SSSR count). The molecule has 0 radical (unpaired) electrons. The average Bonchev–Trinajstić information content (AvgIpc) is 3.94. The number of benzene rings is 7. The van der Waals surface area contributed by atoms with E-state index in [2.05, 4.69) is 252 Å². The maximum absolute atomic E-state index is 6.76. The molecule has 68 heavy (non-hydrogen) atoms. The molecule has 0 N–H and O–H groups in total. The molecule has 0 fully saturated rings. The summed E-state index contributed by atoms with van der Waals surface area (Å²) >= 11 is 0. The van der Waals surface area contributed by atoms with Crippen LogP contribution in [0.1, 0.15) is 106 Å². The van der Waals surface area contributed by atoms with Gasteiger partial charge < -0.3 is 19.1 Å². The minimum Gasteiger partial charge on any atom is -0.509 e. The first kappa shape index (κ1) is 46.4. The van der Waals surface area contributed by atoms with E-state index >= 15 is 0 Å². The smallest absolute Gasteiger partial charge is 0.135 e. The van der Waals surface area contributed by atoms with Gasteiger partial charge in [-0.2, -0.15) is 12.1 Å². The van der Waals surface area contributed by atoms with Crippen LogP contribution in [0.3, 0.4) is 0 Å². The molecule has 0 unspecified atom stereocenters. The molecule has 0 saturated carbocycles. The van der Waals surface area contributed by atoms with E-state index in [0.29, 0.717) is 23.3 Å². The monoisotopic (exact) mass is 1070 g/mol. The predicted octanol–water partition coefficient (Wildman–Crippen LogP) is 15.9. The van der Waals surface area contributed by atoms with Crippen LogP contribution in [0, 0.1) is 18.8 Å². The number of hydrogen-bond acceptors (Lipinski definition) is 4. The molecule has 0 saturated heterocycles. The Bertz CT molecular complexity index is 3250. The number of para-hydroxylation sites is 1. The summed E-state index contributed by atoms with van der Waals surface area (Å²) in [6, 6.07) is 67.6. The summed E-state index contributed by atoms with van der Waals surface area (Å²) in [5.41, 5.74) is 13.4. The molecule has 0 aliphatic carbocycles. The molecule has 7 aromatic carbocycles. The minimum atomic E-state index is -0.230. The molecule has 5 nitrogen and oxygen atoms in total. The van der Waals surface area contributed by atoms with E-state index in [4.69, 9.17) is 9.72 Å². The molecular formula is C62H57N4OPt-3. The van der Waals surface area contributed by atoms with Crippen LogP contribution in [0.15, 0.2) is 182 Å². The average molecular weight is 1070 g/mol. The van der Waals surface area contributed by atoms with E-state index in [9.17, 15) is 0 Å². The second-order valence-electron chi connectivity index (χ2n) is 19.4. The third-order valence-electron chi connectivity index (χ3n) is 13.7. The first-order valence-corrected chi connectivity index (χ1v) is 23.5. The molecule has 1 aliphatic rings. The van der Waals surface area contributed by atoms with Crippen LogP contribution < -0.4 is 14.5 Å². The number of anilines is 2. The molecule has 6 heteroatoms. The van der Waals surface area contributed by atoms with Gasteiger partial charge in [-0.05, 0) is 87.1 Å². The Morgan fingerprint density at radius 1 is 0.559 bits per heavy atom. The van der Waals surface area contributed by atoms with E-state index in [1.165, 1.54) is 38.9 Å². The Hall–Kier alpha value is -6.68. The fourth-order valence-electron chi connectivity index (χ4n) is 9.73. The normalized spacial score (nSPS) is 13.1. The van der Waals surface area contributed by atoms with Crippen LogP contribution in [0.2, 0.25) is 0 Å². The van der Waals surface area contributed by atoms with Gasteiger partial charge in [0.1, 0.15) is 5.82 Å². The number of ether oxygens (including phenoxy) is 1. The summed E-state index contributed by atoms with van der Waals surface area (Å²) in [6.45, 7) is 20.5. The molecule has 9 aromatic rings. The van der Waals surface area contributed by atoms with Crippen LogP contribution in [0.5, 0.6) is 11.5 Å². The SMILES string of the molecule is CC(C)c1cccc(C(C)C)c1C1=CN(c2cccc(C(C)(C)c3ccccc3)c2)[CH-]N1c1[c-]c(Oc2[c-]c3c(cc2)c2ccccc2n3-c2cc(C(C)(C)c3ccccc3)ccn2)ccc1.[Pt]. The molecule has 0 atom stereocenters. The van der Waals surface area contributed by atoms with Crippen molar-refractivity contribution >= 4 is 38.9 Å². The van der Waals surface area contributed by atoms with E-state index in [-0.39, 0.29) is 31.9 Å². The second kappa shape index (κ2) is 18.8. The third-order valence-corrected chi connectivity index (χ3v) is 13.7. The van der Waals surface area contributed by atoms with Crippen molar-refractivity contribution in [3.8, 4) is 17.3 Å². The molecule has 3 heterocycles. The number of fused-ring (bicyclic) bond motifs is 3. The Morgan fingerprint density at radius 3 is 1.82 bits per heavy atom. The van der Waals surface area contributed by atoms with Crippen molar-refractivity contribution in [3.63, 3.8) is 0 Å². The van der Waals surface area contributed by atoms with Crippen molar-refractivity contribution in [3.05, 3.63) is 240 Å². The summed E-state index contributed by atoms with van der Waals surface area (Å²) in [6.07, 6.45) is 4.20. The Morgan fingerprint density at radius 2 is 1.15 bits per heavy atom. The minimum absolute atomic E-state index is 0.